The van der Waals surface area contributed by atoms with E-state index in [1.54, 1.807) is 25.3 Å². The minimum atomic E-state index is -0.819. The lowest BCUT2D eigenvalue weighted by Crippen LogP contribution is -2.14. The standard InChI is InChI=1S/C14H13F2N3O/c1-8-12(4-3-5-18-8)19-14(20)9-6-10(15)13(17-2)11(16)7-9/h3-7,17H,1-2H3,(H,19,20). The summed E-state index contributed by atoms with van der Waals surface area (Å²) in [5.41, 5.74) is 0.756. The number of carbonyl (C=O) groups is 1. The van der Waals surface area contributed by atoms with Crippen molar-refractivity contribution in [3.05, 3.63) is 53.4 Å². The number of hydrogen-bond donors (Lipinski definition) is 2. The lowest BCUT2D eigenvalue weighted by Gasteiger charge is -2.09. The van der Waals surface area contributed by atoms with Crippen molar-refractivity contribution >= 4 is 17.3 Å². The van der Waals surface area contributed by atoms with E-state index in [0.29, 0.717) is 11.4 Å². The van der Waals surface area contributed by atoms with Crippen LogP contribution in [-0.2, 0) is 0 Å². The van der Waals surface area contributed by atoms with Gasteiger partial charge in [-0.05, 0) is 31.2 Å². The summed E-state index contributed by atoms with van der Waals surface area (Å²) in [4.78, 5) is 16.0. The maximum Gasteiger partial charge on any atom is 0.255 e. The number of pyridine rings is 1. The van der Waals surface area contributed by atoms with Crippen molar-refractivity contribution in [3.8, 4) is 0 Å². The summed E-state index contributed by atoms with van der Waals surface area (Å²) in [6.45, 7) is 1.72. The van der Waals surface area contributed by atoms with Crippen molar-refractivity contribution in [3.63, 3.8) is 0 Å². The van der Waals surface area contributed by atoms with Crippen LogP contribution in [0.4, 0.5) is 20.2 Å². The molecular weight excluding hydrogens is 264 g/mol. The minimum absolute atomic E-state index is 0.0951. The van der Waals surface area contributed by atoms with E-state index in [-0.39, 0.29) is 11.3 Å². The molecule has 1 aromatic carbocycles. The summed E-state index contributed by atoms with van der Waals surface area (Å²) in [5.74, 6) is -2.23. The average molecular weight is 277 g/mol. The second kappa shape index (κ2) is 5.64. The second-order valence-electron chi connectivity index (χ2n) is 4.16. The number of amides is 1. The molecule has 0 atom stereocenters. The molecule has 2 aromatic rings. The van der Waals surface area contributed by atoms with Gasteiger partial charge in [-0.1, -0.05) is 0 Å². The summed E-state index contributed by atoms with van der Waals surface area (Å²) in [6, 6.07) is 5.29. The van der Waals surface area contributed by atoms with Crippen LogP contribution in [-0.4, -0.2) is 17.9 Å². The topological polar surface area (TPSA) is 54.0 Å². The van der Waals surface area contributed by atoms with E-state index in [9.17, 15) is 13.6 Å². The highest BCUT2D eigenvalue weighted by atomic mass is 19.1. The summed E-state index contributed by atoms with van der Waals surface area (Å²) >= 11 is 0. The second-order valence-corrected chi connectivity index (χ2v) is 4.16. The van der Waals surface area contributed by atoms with Gasteiger partial charge in [0.2, 0.25) is 0 Å². The largest absolute Gasteiger partial charge is 0.383 e. The molecule has 0 aliphatic rings. The number of carbonyl (C=O) groups excluding carboxylic acids is 1. The zero-order chi connectivity index (χ0) is 14.7. The first-order valence-electron chi connectivity index (χ1n) is 5.92. The van der Waals surface area contributed by atoms with Gasteiger partial charge in [0, 0.05) is 18.8 Å². The van der Waals surface area contributed by atoms with Gasteiger partial charge in [-0.3, -0.25) is 9.78 Å². The molecule has 2 rings (SSSR count). The molecule has 0 saturated heterocycles. The van der Waals surface area contributed by atoms with Crippen molar-refractivity contribution < 1.29 is 13.6 Å². The van der Waals surface area contributed by atoms with E-state index in [0.717, 1.165) is 12.1 Å². The minimum Gasteiger partial charge on any atom is -0.383 e. The summed E-state index contributed by atoms with van der Waals surface area (Å²) in [6.07, 6.45) is 1.59. The lowest BCUT2D eigenvalue weighted by molar-refractivity contribution is 0.102. The van der Waals surface area contributed by atoms with Gasteiger partial charge in [0.05, 0.1) is 11.4 Å². The van der Waals surface area contributed by atoms with Crippen LogP contribution in [0, 0.1) is 18.6 Å². The molecule has 20 heavy (non-hydrogen) atoms. The molecule has 0 radical (unpaired) electrons. The van der Waals surface area contributed by atoms with E-state index in [2.05, 4.69) is 15.6 Å². The molecule has 2 N–H and O–H groups in total. The van der Waals surface area contributed by atoms with Gasteiger partial charge in [-0.2, -0.15) is 0 Å². The Morgan fingerprint density at radius 3 is 2.45 bits per heavy atom. The Morgan fingerprint density at radius 2 is 1.90 bits per heavy atom. The first kappa shape index (κ1) is 13.9. The highest BCUT2D eigenvalue weighted by Gasteiger charge is 2.15. The predicted octanol–water partition coefficient (Wildman–Crippen LogP) is 2.96. The van der Waals surface area contributed by atoms with Crippen LogP contribution in [0.25, 0.3) is 0 Å². The van der Waals surface area contributed by atoms with Gasteiger partial charge in [0.25, 0.3) is 5.91 Å². The Bertz CT molecular complexity index is 636. The fourth-order valence-corrected chi connectivity index (χ4v) is 1.75. The smallest absolute Gasteiger partial charge is 0.255 e. The molecule has 1 amide bonds. The summed E-state index contributed by atoms with van der Waals surface area (Å²) in [5, 5.41) is 4.96. The van der Waals surface area contributed by atoms with E-state index >= 15 is 0 Å². The highest BCUT2D eigenvalue weighted by Crippen LogP contribution is 2.21. The number of benzene rings is 1. The molecule has 1 aromatic heterocycles. The third kappa shape index (κ3) is 2.74. The molecule has 4 nitrogen and oxygen atoms in total. The monoisotopic (exact) mass is 277 g/mol. The Kier molecular flexibility index (Phi) is 3.93. The van der Waals surface area contributed by atoms with Gasteiger partial charge in [-0.15, -0.1) is 0 Å². The first-order valence-corrected chi connectivity index (χ1v) is 5.92. The van der Waals surface area contributed by atoms with Crippen molar-refractivity contribution in [2.24, 2.45) is 0 Å². The predicted molar refractivity (Wildman–Crippen MR) is 72.8 cm³/mol. The number of halogens is 2. The van der Waals surface area contributed by atoms with Crippen molar-refractivity contribution in [1.82, 2.24) is 4.98 Å². The van der Waals surface area contributed by atoms with Gasteiger partial charge in [0.15, 0.2) is 0 Å². The molecule has 6 heteroatoms. The van der Waals surface area contributed by atoms with Crippen molar-refractivity contribution in [2.45, 2.75) is 6.92 Å². The van der Waals surface area contributed by atoms with E-state index in [4.69, 9.17) is 0 Å². The van der Waals surface area contributed by atoms with Crippen molar-refractivity contribution in [2.75, 3.05) is 17.7 Å². The van der Waals surface area contributed by atoms with Crippen LogP contribution < -0.4 is 10.6 Å². The number of rotatable bonds is 3. The van der Waals surface area contributed by atoms with Crippen LogP contribution in [0.15, 0.2) is 30.5 Å². The van der Waals surface area contributed by atoms with Crippen LogP contribution >= 0.6 is 0 Å². The Morgan fingerprint density at radius 1 is 1.25 bits per heavy atom. The molecular formula is C14H13F2N3O. The number of nitrogens with zero attached hydrogens (tertiary/aromatic N) is 1. The number of aromatic nitrogens is 1. The van der Waals surface area contributed by atoms with Gasteiger partial charge in [-0.25, -0.2) is 8.78 Å². The number of hydrogen-bond acceptors (Lipinski definition) is 3. The third-order valence-corrected chi connectivity index (χ3v) is 2.81. The average Bonchev–Trinajstić information content (AvgIpc) is 2.41. The molecule has 0 saturated carbocycles. The van der Waals surface area contributed by atoms with Crippen LogP contribution in [0.3, 0.4) is 0 Å². The number of anilines is 2. The first-order chi connectivity index (χ1) is 9.52. The fourth-order valence-electron chi connectivity index (χ4n) is 1.75. The number of nitrogens with one attached hydrogen (secondary N) is 2. The maximum atomic E-state index is 13.6. The summed E-state index contributed by atoms with van der Waals surface area (Å²) < 4.78 is 27.2. The molecule has 0 bridgehead atoms. The molecule has 0 aliphatic carbocycles. The van der Waals surface area contributed by atoms with Gasteiger partial charge in [0.1, 0.15) is 17.3 Å². The van der Waals surface area contributed by atoms with Crippen LogP contribution in [0.5, 0.6) is 0 Å². The highest BCUT2D eigenvalue weighted by molar-refractivity contribution is 6.04. The fraction of sp³-hybridized carbons (Fsp3) is 0.143. The molecule has 0 spiro atoms. The quantitative estimate of drug-likeness (QED) is 0.907. The molecule has 0 aliphatic heterocycles. The van der Waals surface area contributed by atoms with E-state index in [1.807, 2.05) is 0 Å². The zero-order valence-electron chi connectivity index (χ0n) is 11.0. The molecule has 0 fully saturated rings. The normalized spacial score (nSPS) is 10.2. The van der Waals surface area contributed by atoms with E-state index in [1.165, 1.54) is 7.05 Å². The molecule has 1 heterocycles. The number of aryl methyl sites for hydroxylation is 1. The molecule has 0 unspecified atom stereocenters. The van der Waals surface area contributed by atoms with Gasteiger partial charge < -0.3 is 10.6 Å². The van der Waals surface area contributed by atoms with Crippen LogP contribution in [0.1, 0.15) is 16.1 Å². The van der Waals surface area contributed by atoms with Gasteiger partial charge >= 0.3 is 0 Å². The van der Waals surface area contributed by atoms with Crippen LogP contribution in [0.2, 0.25) is 0 Å². The SMILES string of the molecule is CNc1c(F)cc(C(=O)Nc2cccnc2C)cc1F. The molecule has 104 valence electrons. The Balaban J connectivity index is 2.29. The Labute approximate surface area is 114 Å². The Hall–Kier alpha value is -2.50. The summed E-state index contributed by atoms with van der Waals surface area (Å²) in [7, 11) is 1.40. The van der Waals surface area contributed by atoms with E-state index < -0.39 is 17.5 Å². The zero-order valence-corrected chi connectivity index (χ0v) is 11.0. The lowest BCUT2D eigenvalue weighted by atomic mass is 10.1. The van der Waals surface area contributed by atoms with Crippen molar-refractivity contribution in [1.29, 1.82) is 0 Å². The third-order valence-electron chi connectivity index (χ3n) is 2.81. The maximum absolute atomic E-state index is 13.6.